The molecule has 0 atom stereocenters. The molecule has 3 heterocycles. The van der Waals surface area contributed by atoms with Crippen molar-refractivity contribution in [1.29, 1.82) is 0 Å². The molecular weight excluding hydrogens is 380 g/mol. The number of nitrogen functional groups attached to an aromatic ring is 1. The Balaban J connectivity index is 1.50. The molecule has 0 aliphatic heterocycles. The summed E-state index contributed by atoms with van der Waals surface area (Å²) in [6.07, 6.45) is 7.74. The Morgan fingerprint density at radius 1 is 1.23 bits per heavy atom. The van der Waals surface area contributed by atoms with Gasteiger partial charge < -0.3 is 15.5 Å². The van der Waals surface area contributed by atoms with Gasteiger partial charge in [-0.1, -0.05) is 12.1 Å². The molecule has 154 valence electrons. The van der Waals surface area contributed by atoms with Crippen LogP contribution < -0.4 is 11.1 Å². The van der Waals surface area contributed by atoms with Crippen LogP contribution in [-0.4, -0.2) is 31.8 Å². The van der Waals surface area contributed by atoms with Gasteiger partial charge in [0.1, 0.15) is 22.7 Å². The Morgan fingerprint density at radius 3 is 2.80 bits per heavy atom. The van der Waals surface area contributed by atoms with E-state index >= 15 is 0 Å². The zero-order valence-corrected chi connectivity index (χ0v) is 16.8. The molecule has 1 aliphatic rings. The summed E-state index contributed by atoms with van der Waals surface area (Å²) in [5, 5.41) is 2.94. The second kappa shape index (κ2) is 7.44. The molecule has 30 heavy (non-hydrogen) atoms. The Labute approximate surface area is 173 Å². The van der Waals surface area contributed by atoms with Gasteiger partial charge in [-0.3, -0.25) is 9.20 Å². The van der Waals surface area contributed by atoms with E-state index < -0.39 is 0 Å². The van der Waals surface area contributed by atoms with E-state index in [1.54, 1.807) is 13.1 Å². The standard InChI is InChI=1S/C22H24N6O2/c1-13(29)25-12-14-6-8-15(9-7-14)21-27-18(19-20(23)24-10-11-28(19)21)22-26-16-4-2-3-5-17(16)30-22/h2-5,10-11,14-15H,6-9,12H2,1H3,(H2,23,24)(H,25,29). The maximum absolute atomic E-state index is 11.2. The number of aromatic nitrogens is 4. The van der Waals surface area contributed by atoms with Gasteiger partial charge in [0.2, 0.25) is 11.8 Å². The van der Waals surface area contributed by atoms with Crippen molar-refractivity contribution in [3.05, 3.63) is 42.5 Å². The van der Waals surface area contributed by atoms with Crippen molar-refractivity contribution in [1.82, 2.24) is 24.7 Å². The monoisotopic (exact) mass is 404 g/mol. The van der Waals surface area contributed by atoms with Crippen LogP contribution in [0.5, 0.6) is 0 Å². The van der Waals surface area contributed by atoms with E-state index in [4.69, 9.17) is 15.1 Å². The van der Waals surface area contributed by atoms with Crippen molar-refractivity contribution >= 4 is 28.3 Å². The van der Waals surface area contributed by atoms with Gasteiger partial charge in [-0.05, 0) is 43.7 Å². The number of amides is 1. The van der Waals surface area contributed by atoms with Crippen LogP contribution >= 0.6 is 0 Å². The average Bonchev–Trinajstić information content (AvgIpc) is 3.35. The predicted octanol–water partition coefficient (Wildman–Crippen LogP) is 3.53. The molecule has 1 amide bonds. The Hall–Kier alpha value is -3.42. The lowest BCUT2D eigenvalue weighted by molar-refractivity contribution is -0.119. The molecule has 0 radical (unpaired) electrons. The number of imidazole rings is 1. The number of hydrogen-bond acceptors (Lipinski definition) is 6. The van der Waals surface area contributed by atoms with Crippen LogP contribution in [0.3, 0.4) is 0 Å². The third kappa shape index (κ3) is 3.28. The number of carbonyl (C=O) groups is 1. The molecule has 3 aromatic heterocycles. The molecule has 0 saturated heterocycles. The molecule has 0 spiro atoms. The molecule has 1 fully saturated rings. The van der Waals surface area contributed by atoms with Gasteiger partial charge in [0.15, 0.2) is 11.3 Å². The number of para-hydroxylation sites is 2. The van der Waals surface area contributed by atoms with Gasteiger partial charge in [-0.15, -0.1) is 0 Å². The molecule has 1 aromatic carbocycles. The molecule has 1 saturated carbocycles. The molecule has 8 nitrogen and oxygen atoms in total. The van der Waals surface area contributed by atoms with Crippen molar-refractivity contribution in [2.45, 2.75) is 38.5 Å². The molecule has 0 unspecified atom stereocenters. The van der Waals surface area contributed by atoms with Crippen LogP contribution in [0.15, 0.2) is 41.1 Å². The van der Waals surface area contributed by atoms with E-state index in [1.165, 1.54) is 0 Å². The first kappa shape index (κ1) is 18.6. The van der Waals surface area contributed by atoms with Crippen molar-refractivity contribution in [2.75, 3.05) is 12.3 Å². The minimum atomic E-state index is 0.0299. The third-order valence-electron chi connectivity index (χ3n) is 5.96. The second-order valence-corrected chi connectivity index (χ2v) is 7.99. The lowest BCUT2D eigenvalue weighted by Gasteiger charge is -2.27. The average molecular weight is 404 g/mol. The minimum Gasteiger partial charge on any atom is -0.435 e. The molecule has 1 aliphatic carbocycles. The van der Waals surface area contributed by atoms with Gasteiger partial charge in [0, 0.05) is 31.8 Å². The smallest absolute Gasteiger partial charge is 0.248 e. The lowest BCUT2D eigenvalue weighted by Crippen LogP contribution is -2.29. The Morgan fingerprint density at radius 2 is 2.03 bits per heavy atom. The van der Waals surface area contributed by atoms with Crippen molar-refractivity contribution < 1.29 is 9.21 Å². The zero-order chi connectivity index (χ0) is 20.7. The van der Waals surface area contributed by atoms with Crippen LogP contribution in [0, 0.1) is 5.92 Å². The first-order chi connectivity index (χ1) is 14.6. The van der Waals surface area contributed by atoms with E-state index in [2.05, 4.69) is 15.3 Å². The highest BCUT2D eigenvalue weighted by Crippen LogP contribution is 2.38. The molecule has 8 heteroatoms. The highest BCUT2D eigenvalue weighted by atomic mass is 16.3. The normalized spacial score (nSPS) is 19.4. The summed E-state index contributed by atoms with van der Waals surface area (Å²) in [5.41, 5.74) is 9.11. The number of rotatable bonds is 4. The number of anilines is 1. The van der Waals surface area contributed by atoms with E-state index in [-0.39, 0.29) is 5.91 Å². The maximum atomic E-state index is 11.2. The largest absolute Gasteiger partial charge is 0.435 e. The molecule has 3 N–H and O–H groups in total. The summed E-state index contributed by atoms with van der Waals surface area (Å²) in [7, 11) is 0. The highest BCUT2D eigenvalue weighted by molar-refractivity contribution is 5.85. The molecular formula is C22H24N6O2. The quantitative estimate of drug-likeness (QED) is 0.538. The van der Waals surface area contributed by atoms with E-state index in [0.717, 1.165) is 54.7 Å². The number of oxazole rings is 1. The van der Waals surface area contributed by atoms with Crippen LogP contribution in [0.25, 0.3) is 28.2 Å². The Bertz CT molecular complexity index is 1190. The fourth-order valence-electron chi connectivity index (χ4n) is 4.41. The van der Waals surface area contributed by atoms with Gasteiger partial charge >= 0.3 is 0 Å². The fourth-order valence-corrected chi connectivity index (χ4v) is 4.41. The van der Waals surface area contributed by atoms with Crippen LogP contribution in [0.2, 0.25) is 0 Å². The SMILES string of the molecule is CC(=O)NCC1CCC(c2nc(-c3nc4ccccc4o3)c3c(N)nccn23)CC1. The number of benzene rings is 1. The number of hydrogen-bond donors (Lipinski definition) is 2. The summed E-state index contributed by atoms with van der Waals surface area (Å²) in [6.45, 7) is 2.31. The third-order valence-corrected chi connectivity index (χ3v) is 5.96. The van der Waals surface area contributed by atoms with Crippen molar-refractivity contribution in [3.8, 4) is 11.6 Å². The number of carbonyl (C=O) groups excluding carboxylic acids is 1. The maximum Gasteiger partial charge on any atom is 0.248 e. The number of nitrogens with zero attached hydrogens (tertiary/aromatic N) is 4. The molecule has 0 bridgehead atoms. The number of fused-ring (bicyclic) bond motifs is 2. The summed E-state index contributed by atoms with van der Waals surface area (Å²) in [4.78, 5) is 25.0. The molecule has 4 aromatic rings. The number of nitrogens with one attached hydrogen (secondary N) is 1. The Kier molecular flexibility index (Phi) is 4.61. The highest BCUT2D eigenvalue weighted by Gasteiger charge is 2.28. The topological polar surface area (TPSA) is 111 Å². The molecule has 5 rings (SSSR count). The van der Waals surface area contributed by atoms with Crippen molar-refractivity contribution in [3.63, 3.8) is 0 Å². The first-order valence-electron chi connectivity index (χ1n) is 10.3. The summed E-state index contributed by atoms with van der Waals surface area (Å²) >= 11 is 0. The van der Waals surface area contributed by atoms with E-state index in [1.807, 2.05) is 34.9 Å². The van der Waals surface area contributed by atoms with Gasteiger partial charge in [0.25, 0.3) is 0 Å². The van der Waals surface area contributed by atoms with Crippen LogP contribution in [0.4, 0.5) is 5.82 Å². The lowest BCUT2D eigenvalue weighted by atomic mass is 9.81. The fraction of sp³-hybridized carbons (Fsp3) is 0.364. The minimum absolute atomic E-state index is 0.0299. The predicted molar refractivity (Wildman–Crippen MR) is 114 cm³/mol. The van der Waals surface area contributed by atoms with Gasteiger partial charge in [-0.25, -0.2) is 15.0 Å². The second-order valence-electron chi connectivity index (χ2n) is 7.99. The number of nitrogens with two attached hydrogens (primary N) is 1. The van der Waals surface area contributed by atoms with Crippen LogP contribution in [0.1, 0.15) is 44.3 Å². The van der Waals surface area contributed by atoms with Gasteiger partial charge in [-0.2, -0.15) is 0 Å². The summed E-state index contributed by atoms with van der Waals surface area (Å²) in [6, 6.07) is 7.66. The summed E-state index contributed by atoms with van der Waals surface area (Å²) < 4.78 is 8.01. The van der Waals surface area contributed by atoms with Crippen LogP contribution in [-0.2, 0) is 4.79 Å². The van der Waals surface area contributed by atoms with Crippen molar-refractivity contribution in [2.24, 2.45) is 5.92 Å². The van der Waals surface area contributed by atoms with E-state index in [0.29, 0.717) is 29.2 Å². The zero-order valence-electron chi connectivity index (χ0n) is 16.8. The first-order valence-corrected chi connectivity index (χ1v) is 10.3. The van der Waals surface area contributed by atoms with Gasteiger partial charge in [0.05, 0.1) is 0 Å². The van der Waals surface area contributed by atoms with E-state index in [9.17, 15) is 4.79 Å². The summed E-state index contributed by atoms with van der Waals surface area (Å²) in [5.74, 6) is 2.69.